The van der Waals surface area contributed by atoms with E-state index in [0.717, 1.165) is 17.7 Å². The molecule has 2 aromatic rings. The zero-order valence-corrected chi connectivity index (χ0v) is 11.3. The van der Waals surface area contributed by atoms with Crippen molar-refractivity contribution in [3.63, 3.8) is 0 Å². The van der Waals surface area contributed by atoms with Crippen molar-refractivity contribution in [2.24, 2.45) is 4.99 Å². The van der Waals surface area contributed by atoms with Crippen LogP contribution in [0.2, 0.25) is 0 Å². The van der Waals surface area contributed by atoms with E-state index >= 15 is 0 Å². The molecule has 0 aliphatic rings. The van der Waals surface area contributed by atoms with Crippen LogP contribution in [0.25, 0.3) is 0 Å². The van der Waals surface area contributed by atoms with Crippen molar-refractivity contribution in [2.45, 2.75) is 13.1 Å². The van der Waals surface area contributed by atoms with Crippen LogP contribution in [0.4, 0.5) is 18.9 Å². The molecule has 0 aliphatic heterocycles. The first-order chi connectivity index (χ1) is 9.36. The van der Waals surface area contributed by atoms with Crippen LogP contribution >= 0.6 is 11.6 Å². The van der Waals surface area contributed by atoms with E-state index in [4.69, 9.17) is 11.6 Å². The third-order valence-corrected chi connectivity index (χ3v) is 3.01. The van der Waals surface area contributed by atoms with Crippen molar-refractivity contribution in [1.82, 2.24) is 0 Å². The fraction of sp³-hybridized carbons (Fsp3) is 0.133. The van der Waals surface area contributed by atoms with Gasteiger partial charge in [-0.25, -0.2) is 4.99 Å². The summed E-state index contributed by atoms with van der Waals surface area (Å²) in [5.41, 5.74) is 1.48. The molecule has 0 N–H and O–H groups in total. The molecule has 0 amide bonds. The summed E-state index contributed by atoms with van der Waals surface area (Å²) in [5, 5.41) is 0.155. The average Bonchev–Trinajstić information content (AvgIpc) is 2.40. The summed E-state index contributed by atoms with van der Waals surface area (Å²) >= 11 is 6.02. The van der Waals surface area contributed by atoms with E-state index < -0.39 is 11.7 Å². The summed E-state index contributed by atoms with van der Waals surface area (Å²) in [6, 6.07) is 11.9. The molecule has 5 heteroatoms. The molecule has 0 saturated carbocycles. The van der Waals surface area contributed by atoms with Crippen LogP contribution in [0.5, 0.6) is 0 Å². The first-order valence-corrected chi connectivity index (χ1v) is 6.22. The van der Waals surface area contributed by atoms with E-state index in [1.54, 1.807) is 12.1 Å². The van der Waals surface area contributed by atoms with Crippen LogP contribution in [0.15, 0.2) is 53.5 Å². The molecular weight excluding hydrogens is 287 g/mol. The second-order valence-electron chi connectivity index (χ2n) is 4.31. The van der Waals surface area contributed by atoms with Crippen molar-refractivity contribution in [3.05, 3.63) is 65.2 Å². The quantitative estimate of drug-likeness (QED) is 0.664. The Labute approximate surface area is 119 Å². The number of nitrogens with zero attached hydrogens (tertiary/aromatic N) is 1. The van der Waals surface area contributed by atoms with Crippen LogP contribution in [0.3, 0.4) is 0 Å². The fourth-order valence-electron chi connectivity index (χ4n) is 1.59. The van der Waals surface area contributed by atoms with Gasteiger partial charge in [0.25, 0.3) is 0 Å². The molecule has 0 unspecified atom stereocenters. The van der Waals surface area contributed by atoms with Crippen molar-refractivity contribution >= 4 is 22.5 Å². The Kier molecular flexibility index (Phi) is 4.14. The Morgan fingerprint density at radius 1 is 0.950 bits per heavy atom. The number of aryl methyl sites for hydroxylation is 1. The van der Waals surface area contributed by atoms with E-state index in [0.29, 0.717) is 11.3 Å². The highest BCUT2D eigenvalue weighted by molar-refractivity contribution is 6.69. The summed E-state index contributed by atoms with van der Waals surface area (Å²) < 4.78 is 37.3. The molecule has 1 nitrogen and oxygen atoms in total. The molecule has 0 atom stereocenters. The molecule has 2 aromatic carbocycles. The first kappa shape index (κ1) is 14.6. The van der Waals surface area contributed by atoms with Crippen LogP contribution in [0, 0.1) is 6.92 Å². The minimum Gasteiger partial charge on any atom is -0.236 e. The highest BCUT2D eigenvalue weighted by atomic mass is 35.5. The summed E-state index contributed by atoms with van der Waals surface area (Å²) in [6.45, 7) is 1.95. The number of hydrogen-bond donors (Lipinski definition) is 0. The molecule has 0 spiro atoms. The van der Waals surface area contributed by atoms with Gasteiger partial charge in [-0.2, -0.15) is 13.2 Å². The Hall–Kier alpha value is -1.81. The van der Waals surface area contributed by atoms with Gasteiger partial charge in [-0.15, -0.1) is 0 Å². The third kappa shape index (κ3) is 3.61. The molecule has 0 heterocycles. The number of hydrogen-bond acceptors (Lipinski definition) is 1. The van der Waals surface area contributed by atoms with E-state index in [1.807, 2.05) is 19.1 Å². The van der Waals surface area contributed by atoms with Crippen LogP contribution in [-0.4, -0.2) is 5.17 Å². The lowest BCUT2D eigenvalue weighted by molar-refractivity contribution is -0.137. The summed E-state index contributed by atoms with van der Waals surface area (Å²) in [5.74, 6) is 0. The lowest BCUT2D eigenvalue weighted by atomic mass is 10.1. The molecule has 0 bridgehead atoms. The lowest BCUT2D eigenvalue weighted by Crippen LogP contribution is -2.04. The smallest absolute Gasteiger partial charge is 0.236 e. The average molecular weight is 298 g/mol. The maximum absolute atomic E-state index is 12.4. The molecule has 2 rings (SSSR count). The standard InChI is InChI=1S/C15H11ClF3N/c1-10-2-8-13(9-3-10)20-14(16)11-4-6-12(7-5-11)15(17,18)19/h2-9H,1H3. The van der Waals surface area contributed by atoms with E-state index in [9.17, 15) is 13.2 Å². The maximum Gasteiger partial charge on any atom is 0.416 e. The molecule has 0 aromatic heterocycles. The summed E-state index contributed by atoms with van der Waals surface area (Å²) in [6.07, 6.45) is -4.35. The molecule has 104 valence electrons. The van der Waals surface area contributed by atoms with Crippen LogP contribution in [0.1, 0.15) is 16.7 Å². The lowest BCUT2D eigenvalue weighted by Gasteiger charge is -2.07. The van der Waals surface area contributed by atoms with Crippen molar-refractivity contribution in [3.8, 4) is 0 Å². The van der Waals surface area contributed by atoms with Crippen molar-refractivity contribution < 1.29 is 13.2 Å². The molecular formula is C15H11ClF3N. The monoisotopic (exact) mass is 297 g/mol. The van der Waals surface area contributed by atoms with Gasteiger partial charge in [-0.1, -0.05) is 41.4 Å². The third-order valence-electron chi connectivity index (χ3n) is 2.71. The SMILES string of the molecule is Cc1ccc(N=C(Cl)c2ccc(C(F)(F)F)cc2)cc1. The van der Waals surface area contributed by atoms with Crippen molar-refractivity contribution in [1.29, 1.82) is 0 Å². The van der Waals surface area contributed by atoms with Gasteiger partial charge < -0.3 is 0 Å². The number of alkyl halides is 3. The van der Waals surface area contributed by atoms with Gasteiger partial charge >= 0.3 is 6.18 Å². The largest absolute Gasteiger partial charge is 0.416 e. The number of halogens is 4. The predicted molar refractivity (Wildman–Crippen MR) is 74.7 cm³/mol. The van der Waals surface area contributed by atoms with E-state index in [-0.39, 0.29) is 5.17 Å². The normalized spacial score (nSPS) is 12.6. The van der Waals surface area contributed by atoms with Gasteiger partial charge in [0.05, 0.1) is 11.3 Å². The Bertz CT molecular complexity index is 613. The van der Waals surface area contributed by atoms with Crippen LogP contribution < -0.4 is 0 Å². The number of benzene rings is 2. The zero-order valence-electron chi connectivity index (χ0n) is 10.6. The highest BCUT2D eigenvalue weighted by Crippen LogP contribution is 2.29. The summed E-state index contributed by atoms with van der Waals surface area (Å²) in [4.78, 5) is 4.16. The minimum atomic E-state index is -4.35. The highest BCUT2D eigenvalue weighted by Gasteiger charge is 2.30. The summed E-state index contributed by atoms with van der Waals surface area (Å²) in [7, 11) is 0. The zero-order chi connectivity index (χ0) is 14.8. The Morgan fingerprint density at radius 3 is 2.00 bits per heavy atom. The first-order valence-electron chi connectivity index (χ1n) is 5.85. The second kappa shape index (κ2) is 5.67. The Morgan fingerprint density at radius 2 is 1.50 bits per heavy atom. The minimum absolute atomic E-state index is 0.155. The van der Waals surface area contributed by atoms with E-state index in [2.05, 4.69) is 4.99 Å². The second-order valence-corrected chi connectivity index (χ2v) is 4.67. The number of aliphatic imine (C=N–C) groups is 1. The fourth-order valence-corrected chi connectivity index (χ4v) is 1.82. The maximum atomic E-state index is 12.4. The van der Waals surface area contributed by atoms with E-state index in [1.165, 1.54) is 12.1 Å². The van der Waals surface area contributed by atoms with Gasteiger partial charge in [0.1, 0.15) is 5.17 Å². The van der Waals surface area contributed by atoms with Gasteiger partial charge in [-0.05, 0) is 31.2 Å². The predicted octanol–water partition coefficient (Wildman–Crippen LogP) is 5.33. The molecule has 20 heavy (non-hydrogen) atoms. The van der Waals surface area contributed by atoms with Crippen molar-refractivity contribution in [2.75, 3.05) is 0 Å². The molecule has 0 saturated heterocycles. The van der Waals surface area contributed by atoms with Crippen LogP contribution in [-0.2, 0) is 6.18 Å². The van der Waals surface area contributed by atoms with Gasteiger partial charge in [-0.3, -0.25) is 0 Å². The molecule has 0 fully saturated rings. The topological polar surface area (TPSA) is 12.4 Å². The van der Waals surface area contributed by atoms with Gasteiger partial charge in [0.2, 0.25) is 0 Å². The van der Waals surface area contributed by atoms with Gasteiger partial charge in [0, 0.05) is 5.56 Å². The molecule has 0 radical (unpaired) electrons. The number of rotatable bonds is 2. The molecule has 0 aliphatic carbocycles. The van der Waals surface area contributed by atoms with Gasteiger partial charge in [0.15, 0.2) is 0 Å². The Balaban J connectivity index is 2.25.